The van der Waals surface area contributed by atoms with E-state index in [0.717, 1.165) is 0 Å². The highest BCUT2D eigenvalue weighted by atomic mass is 35.5. The average Bonchev–Trinajstić information content (AvgIpc) is 3.16. The molecule has 1 N–H and O–H groups in total. The van der Waals surface area contributed by atoms with E-state index in [9.17, 15) is 4.79 Å². The molecule has 0 bridgehead atoms. The molecule has 0 aliphatic heterocycles. The van der Waals surface area contributed by atoms with Crippen LogP contribution in [-0.4, -0.2) is 28.0 Å². The zero-order valence-corrected chi connectivity index (χ0v) is 18.6. The predicted octanol–water partition coefficient (Wildman–Crippen LogP) is 5.63. The number of hydrogen-bond acceptors (Lipinski definition) is 4. The van der Waals surface area contributed by atoms with Crippen LogP contribution >= 0.6 is 11.6 Å². The Morgan fingerprint density at radius 2 is 1.68 bits per heavy atom. The molecule has 0 saturated heterocycles. The maximum absolute atomic E-state index is 12.7. The summed E-state index contributed by atoms with van der Waals surface area (Å²) in [6.45, 7) is 6.43. The summed E-state index contributed by atoms with van der Waals surface area (Å²) >= 11 is 6.21. The Labute approximate surface area is 185 Å². The van der Waals surface area contributed by atoms with Gasteiger partial charge >= 0.3 is 0 Å². The van der Waals surface area contributed by atoms with Crippen LogP contribution in [0.1, 0.15) is 36.7 Å². The van der Waals surface area contributed by atoms with E-state index in [4.69, 9.17) is 16.3 Å². The first-order chi connectivity index (χ1) is 14.7. The van der Waals surface area contributed by atoms with Gasteiger partial charge in [0.15, 0.2) is 0 Å². The number of halogens is 1. The van der Waals surface area contributed by atoms with E-state index in [1.54, 1.807) is 25.3 Å². The van der Waals surface area contributed by atoms with E-state index >= 15 is 0 Å². The zero-order valence-electron chi connectivity index (χ0n) is 17.8. The molecule has 0 aliphatic carbocycles. The molecule has 0 saturated carbocycles. The van der Waals surface area contributed by atoms with Crippen LogP contribution in [0.4, 0.5) is 5.69 Å². The largest absolute Gasteiger partial charge is 0.495 e. The van der Waals surface area contributed by atoms with Crippen molar-refractivity contribution in [3.63, 3.8) is 0 Å². The summed E-state index contributed by atoms with van der Waals surface area (Å²) in [6.07, 6.45) is 0. The molecule has 0 fully saturated rings. The molecule has 0 atom stereocenters. The Morgan fingerprint density at radius 3 is 2.32 bits per heavy atom. The second-order valence-corrected chi connectivity index (χ2v) is 8.70. The van der Waals surface area contributed by atoms with Gasteiger partial charge in [0, 0.05) is 11.3 Å². The third kappa shape index (κ3) is 4.39. The minimum atomic E-state index is -0.172. The summed E-state index contributed by atoms with van der Waals surface area (Å²) in [7, 11) is 1.57. The lowest BCUT2D eigenvalue weighted by Crippen LogP contribution is -2.14. The van der Waals surface area contributed by atoms with Crippen LogP contribution in [0.2, 0.25) is 5.02 Å². The fourth-order valence-electron chi connectivity index (χ4n) is 3.21. The summed E-state index contributed by atoms with van der Waals surface area (Å²) < 4.78 is 5.18. The van der Waals surface area contributed by atoms with Gasteiger partial charge in [0.25, 0.3) is 5.91 Å². The minimum Gasteiger partial charge on any atom is -0.495 e. The summed E-state index contributed by atoms with van der Waals surface area (Å²) in [5.74, 6) is 0.414. The van der Waals surface area contributed by atoms with Crippen LogP contribution in [-0.2, 0) is 5.41 Å². The first-order valence-electron chi connectivity index (χ1n) is 9.87. The fraction of sp³-hybridized carbons (Fsp3) is 0.208. The van der Waals surface area contributed by atoms with Crippen LogP contribution in [0.25, 0.3) is 16.7 Å². The highest BCUT2D eigenvalue weighted by Gasteiger charge is 2.15. The summed E-state index contributed by atoms with van der Waals surface area (Å²) in [5.41, 5.74) is 4.56. The third-order valence-corrected chi connectivity index (χ3v) is 5.31. The Bertz CT molecular complexity index is 1260. The monoisotopic (exact) mass is 434 g/mol. The molecule has 0 aliphatic rings. The van der Waals surface area contributed by atoms with E-state index in [1.165, 1.54) is 10.4 Å². The van der Waals surface area contributed by atoms with Crippen LogP contribution in [0.15, 0.2) is 60.7 Å². The van der Waals surface area contributed by atoms with Crippen molar-refractivity contribution >= 4 is 34.2 Å². The van der Waals surface area contributed by atoms with Crippen LogP contribution in [0.5, 0.6) is 5.75 Å². The molecule has 0 spiro atoms. The normalized spacial score (nSPS) is 11.5. The maximum Gasteiger partial charge on any atom is 0.255 e. The quantitative estimate of drug-likeness (QED) is 0.451. The Balaban J connectivity index is 1.55. The van der Waals surface area contributed by atoms with Crippen molar-refractivity contribution in [1.82, 2.24) is 15.0 Å². The van der Waals surface area contributed by atoms with Gasteiger partial charge in [-0.3, -0.25) is 4.79 Å². The van der Waals surface area contributed by atoms with Gasteiger partial charge in [-0.25, -0.2) is 0 Å². The molecule has 6 nitrogen and oxygen atoms in total. The number of methoxy groups -OCH3 is 1. The van der Waals surface area contributed by atoms with Gasteiger partial charge in [-0.2, -0.15) is 4.80 Å². The van der Waals surface area contributed by atoms with Gasteiger partial charge in [-0.15, -0.1) is 10.2 Å². The second-order valence-electron chi connectivity index (χ2n) is 8.29. The number of anilines is 1. The third-order valence-electron chi connectivity index (χ3n) is 5.02. The SMILES string of the molecule is COc1ccc(-n2nc3ccc(NC(=O)c4ccc(C(C)(C)C)cc4)cc3n2)cc1Cl. The van der Waals surface area contributed by atoms with Gasteiger partial charge in [0.05, 0.1) is 17.8 Å². The van der Waals surface area contributed by atoms with Gasteiger partial charge in [0.2, 0.25) is 0 Å². The van der Waals surface area contributed by atoms with Gasteiger partial charge in [-0.05, 0) is 59.5 Å². The fourth-order valence-corrected chi connectivity index (χ4v) is 3.46. The highest BCUT2D eigenvalue weighted by molar-refractivity contribution is 6.32. The number of nitrogens with one attached hydrogen (secondary N) is 1. The van der Waals surface area contributed by atoms with E-state index < -0.39 is 0 Å². The summed E-state index contributed by atoms with van der Waals surface area (Å²) in [6, 6.07) is 18.4. The highest BCUT2D eigenvalue weighted by Crippen LogP contribution is 2.27. The van der Waals surface area contributed by atoms with Gasteiger partial charge < -0.3 is 10.1 Å². The smallest absolute Gasteiger partial charge is 0.255 e. The molecule has 0 radical (unpaired) electrons. The van der Waals surface area contributed by atoms with Crippen molar-refractivity contribution in [2.24, 2.45) is 0 Å². The number of ether oxygens (including phenoxy) is 1. The maximum atomic E-state index is 12.7. The van der Waals surface area contributed by atoms with Crippen molar-refractivity contribution in [2.75, 3.05) is 12.4 Å². The van der Waals surface area contributed by atoms with Crippen molar-refractivity contribution in [2.45, 2.75) is 26.2 Å². The number of carbonyl (C=O) groups is 1. The second kappa shape index (κ2) is 8.04. The lowest BCUT2D eigenvalue weighted by Gasteiger charge is -2.19. The molecular formula is C24H23ClN4O2. The van der Waals surface area contributed by atoms with Crippen LogP contribution in [0, 0.1) is 0 Å². The summed E-state index contributed by atoms with van der Waals surface area (Å²) in [4.78, 5) is 14.2. The molecule has 1 amide bonds. The predicted molar refractivity (Wildman–Crippen MR) is 124 cm³/mol. The molecule has 1 heterocycles. The van der Waals surface area contributed by atoms with Crippen LogP contribution < -0.4 is 10.1 Å². The number of benzene rings is 3. The van der Waals surface area contributed by atoms with E-state index in [-0.39, 0.29) is 11.3 Å². The number of hydrogen-bond donors (Lipinski definition) is 1. The molecule has 3 aromatic carbocycles. The standard InChI is InChI=1S/C24H23ClN4O2/c1-24(2,3)16-7-5-15(6-8-16)23(30)26-17-9-11-20-21(13-17)28-29(27-20)18-10-12-22(31-4)19(25)14-18/h5-14H,1-4H3,(H,26,30). The van der Waals surface area contributed by atoms with E-state index in [0.29, 0.717) is 38.7 Å². The number of rotatable bonds is 4. The Hall–Kier alpha value is -3.38. The van der Waals surface area contributed by atoms with Crippen molar-refractivity contribution in [3.8, 4) is 11.4 Å². The molecular weight excluding hydrogens is 412 g/mol. The molecule has 158 valence electrons. The minimum absolute atomic E-state index is 0.0416. The van der Waals surface area contributed by atoms with Gasteiger partial charge in [0.1, 0.15) is 16.8 Å². The Kier molecular flexibility index (Phi) is 5.41. The van der Waals surface area contributed by atoms with Crippen LogP contribution in [0.3, 0.4) is 0 Å². The summed E-state index contributed by atoms with van der Waals surface area (Å²) in [5, 5.41) is 12.4. The van der Waals surface area contributed by atoms with Crippen molar-refractivity contribution in [3.05, 3.63) is 76.8 Å². The molecule has 4 aromatic rings. The molecule has 7 heteroatoms. The Morgan fingerprint density at radius 1 is 0.968 bits per heavy atom. The number of amides is 1. The van der Waals surface area contributed by atoms with Crippen molar-refractivity contribution in [1.29, 1.82) is 0 Å². The number of carbonyl (C=O) groups excluding carboxylic acids is 1. The molecule has 4 rings (SSSR count). The van der Waals surface area contributed by atoms with E-state index in [2.05, 4.69) is 36.3 Å². The number of fused-ring (bicyclic) bond motifs is 1. The topological polar surface area (TPSA) is 69.0 Å². The van der Waals surface area contributed by atoms with Crippen molar-refractivity contribution < 1.29 is 9.53 Å². The van der Waals surface area contributed by atoms with E-state index in [1.807, 2.05) is 42.5 Å². The lowest BCUT2D eigenvalue weighted by molar-refractivity contribution is 0.102. The first kappa shape index (κ1) is 20.9. The van der Waals surface area contributed by atoms with Gasteiger partial charge in [-0.1, -0.05) is 44.5 Å². The average molecular weight is 435 g/mol. The number of aromatic nitrogens is 3. The molecule has 1 aromatic heterocycles. The zero-order chi connectivity index (χ0) is 22.2. The molecule has 0 unspecified atom stereocenters. The first-order valence-corrected chi connectivity index (χ1v) is 10.3. The lowest BCUT2D eigenvalue weighted by atomic mass is 9.87. The number of nitrogens with zero attached hydrogens (tertiary/aromatic N) is 3. The molecule has 31 heavy (non-hydrogen) atoms.